The van der Waals surface area contributed by atoms with Crippen LogP contribution in [0.4, 0.5) is 0 Å². The lowest BCUT2D eigenvalue weighted by Gasteiger charge is -2.22. The maximum Gasteiger partial charge on any atom is 0.337 e. The van der Waals surface area contributed by atoms with Crippen LogP contribution in [-0.4, -0.2) is 32.3 Å². The van der Waals surface area contributed by atoms with Crippen molar-refractivity contribution in [2.24, 2.45) is 10.7 Å². The van der Waals surface area contributed by atoms with E-state index in [2.05, 4.69) is 4.99 Å². The van der Waals surface area contributed by atoms with Crippen molar-refractivity contribution in [3.63, 3.8) is 0 Å². The van der Waals surface area contributed by atoms with Gasteiger partial charge >= 0.3 is 5.97 Å². The van der Waals surface area contributed by atoms with Gasteiger partial charge in [0.15, 0.2) is 0 Å². The second kappa shape index (κ2) is 4.35. The van der Waals surface area contributed by atoms with Crippen molar-refractivity contribution in [1.82, 2.24) is 0 Å². The van der Waals surface area contributed by atoms with Crippen molar-refractivity contribution >= 4 is 45.5 Å². The minimum absolute atomic E-state index is 0.0537. The van der Waals surface area contributed by atoms with Gasteiger partial charge in [0.25, 0.3) is 0 Å². The van der Waals surface area contributed by atoms with Crippen molar-refractivity contribution in [3.05, 3.63) is 23.0 Å². The molecule has 0 radical (unpaired) electrons. The van der Waals surface area contributed by atoms with Gasteiger partial charge < -0.3 is 10.8 Å². The Morgan fingerprint density at radius 1 is 1.75 bits per heavy atom. The van der Waals surface area contributed by atoms with Crippen molar-refractivity contribution in [2.75, 3.05) is 6.26 Å². The summed E-state index contributed by atoms with van der Waals surface area (Å²) in [5, 5.41) is 8.40. The van der Waals surface area contributed by atoms with Crippen LogP contribution in [0.5, 0.6) is 0 Å². The molecule has 1 heterocycles. The lowest BCUT2D eigenvalue weighted by atomic mass is 10.0. The molecule has 0 aromatic carbocycles. The van der Waals surface area contributed by atoms with E-state index >= 15 is 0 Å². The van der Waals surface area contributed by atoms with Gasteiger partial charge in [-0.15, -0.1) is 23.4 Å². The Balaban J connectivity index is 2.42. The summed E-state index contributed by atoms with van der Waals surface area (Å²) in [6, 6.07) is 0. The smallest absolute Gasteiger partial charge is 0.337 e. The van der Waals surface area contributed by atoms with E-state index in [1.807, 2.05) is 6.26 Å². The molecule has 0 aromatic rings. The monoisotopic (exact) mass is 276 g/mol. The molecule has 3 N–H and O–H groups in total. The zero-order valence-electron chi connectivity index (χ0n) is 8.31. The zero-order valence-corrected chi connectivity index (χ0v) is 10.7. The molecule has 2 rings (SSSR count). The number of nitrogens with two attached hydrogens (primary N) is 1. The normalized spacial score (nSPS) is 28.6. The second-order valence-corrected chi connectivity index (χ2v) is 5.92. The van der Waals surface area contributed by atoms with E-state index in [9.17, 15) is 4.79 Å². The van der Waals surface area contributed by atoms with E-state index in [1.54, 1.807) is 0 Å². The number of hydrogen-bond donors (Lipinski definition) is 2. The number of thioether (sulfide) groups is 2. The maximum atomic E-state index is 10.9. The van der Waals surface area contributed by atoms with E-state index in [0.717, 1.165) is 4.38 Å². The number of halogens is 1. The zero-order chi connectivity index (χ0) is 11.9. The number of carboxylic acids is 1. The number of alkyl halides is 1. The molecular formula is C9H9ClN2O2S2. The number of fused-ring (bicyclic) bond motifs is 1. The quantitative estimate of drug-likeness (QED) is 0.712. The van der Waals surface area contributed by atoms with Gasteiger partial charge in [0.05, 0.1) is 21.9 Å². The molecule has 0 fully saturated rings. The van der Waals surface area contributed by atoms with Gasteiger partial charge in [0, 0.05) is 5.70 Å². The SMILES string of the molecule is CSC1=NC2=CC(C(=O)O)=C(N)C(Cl)C2S1. The number of hydrogen-bond acceptors (Lipinski definition) is 5. The Labute approximate surface area is 106 Å². The fourth-order valence-electron chi connectivity index (χ4n) is 1.51. The molecule has 0 bridgehead atoms. The first-order valence-corrected chi connectivity index (χ1v) is 6.96. The molecule has 2 unspecified atom stereocenters. The second-order valence-electron chi connectivity index (χ2n) is 3.27. The molecule has 0 amide bonds. The Morgan fingerprint density at radius 3 is 3.00 bits per heavy atom. The molecule has 7 heteroatoms. The predicted molar refractivity (Wildman–Crippen MR) is 68.9 cm³/mol. The van der Waals surface area contributed by atoms with Crippen molar-refractivity contribution < 1.29 is 9.90 Å². The number of aliphatic carboxylic acids is 1. The Kier molecular flexibility index (Phi) is 3.23. The van der Waals surface area contributed by atoms with Crippen molar-refractivity contribution in [2.45, 2.75) is 10.6 Å². The highest BCUT2D eigenvalue weighted by Gasteiger charge is 2.37. The van der Waals surface area contributed by atoms with Gasteiger partial charge in [-0.25, -0.2) is 9.79 Å². The molecular weight excluding hydrogens is 268 g/mol. The molecule has 16 heavy (non-hydrogen) atoms. The van der Waals surface area contributed by atoms with E-state index in [-0.39, 0.29) is 16.5 Å². The highest BCUT2D eigenvalue weighted by Crippen LogP contribution is 2.42. The van der Waals surface area contributed by atoms with Crippen molar-refractivity contribution in [3.8, 4) is 0 Å². The fourth-order valence-corrected chi connectivity index (χ4v) is 3.69. The molecule has 0 saturated heterocycles. The third kappa shape index (κ3) is 1.85. The van der Waals surface area contributed by atoms with Gasteiger partial charge in [0.1, 0.15) is 4.38 Å². The molecule has 1 aliphatic heterocycles. The number of carboxylic acid groups (broad SMARTS) is 1. The molecule has 4 nitrogen and oxygen atoms in total. The molecule has 0 aromatic heterocycles. The predicted octanol–water partition coefficient (Wildman–Crippen LogP) is 1.62. The minimum atomic E-state index is -1.06. The van der Waals surface area contributed by atoms with E-state index in [1.165, 1.54) is 29.6 Å². The van der Waals surface area contributed by atoms with Crippen LogP contribution in [0.2, 0.25) is 0 Å². The summed E-state index contributed by atoms with van der Waals surface area (Å²) in [5.74, 6) is -1.06. The average Bonchev–Trinajstić information content (AvgIpc) is 2.66. The molecule has 0 saturated carbocycles. The Morgan fingerprint density at radius 2 is 2.44 bits per heavy atom. The molecule has 0 spiro atoms. The first-order valence-electron chi connectivity index (χ1n) is 4.42. The molecule has 2 aliphatic rings. The van der Waals surface area contributed by atoms with E-state index in [4.69, 9.17) is 22.4 Å². The van der Waals surface area contributed by atoms with Crippen LogP contribution >= 0.6 is 35.1 Å². The van der Waals surface area contributed by atoms with Crippen LogP contribution in [0, 0.1) is 0 Å². The van der Waals surface area contributed by atoms with Crippen molar-refractivity contribution in [1.29, 1.82) is 0 Å². The first kappa shape index (κ1) is 11.9. The summed E-state index contributed by atoms with van der Waals surface area (Å²) in [6.07, 6.45) is 3.43. The lowest BCUT2D eigenvalue weighted by molar-refractivity contribution is -0.132. The van der Waals surface area contributed by atoms with Crippen LogP contribution in [0.15, 0.2) is 28.0 Å². The van der Waals surface area contributed by atoms with Gasteiger partial charge in [0.2, 0.25) is 0 Å². The molecule has 2 atom stereocenters. The third-order valence-electron chi connectivity index (χ3n) is 2.31. The number of carbonyl (C=O) groups is 1. The minimum Gasteiger partial charge on any atom is -0.478 e. The Bertz CT molecular complexity index is 445. The maximum absolute atomic E-state index is 10.9. The lowest BCUT2D eigenvalue weighted by Crippen LogP contribution is -2.30. The summed E-state index contributed by atoms with van der Waals surface area (Å²) < 4.78 is 0.890. The number of nitrogens with zero attached hydrogens (tertiary/aromatic N) is 1. The standard InChI is InChI=1S/C9H9ClN2O2S2/c1-15-9-12-4-2-3(8(13)14)6(11)5(10)7(4)16-9/h2,5,7H,11H2,1H3,(H,13,14). The topological polar surface area (TPSA) is 75.7 Å². The fraction of sp³-hybridized carbons (Fsp3) is 0.333. The summed E-state index contributed by atoms with van der Waals surface area (Å²) in [5.41, 5.74) is 6.68. The average molecular weight is 277 g/mol. The van der Waals surface area contributed by atoms with Crippen LogP contribution in [0.25, 0.3) is 0 Å². The Hall–Kier alpha value is -0.590. The van der Waals surface area contributed by atoms with Gasteiger partial charge in [-0.3, -0.25) is 0 Å². The van der Waals surface area contributed by atoms with Crippen LogP contribution in [-0.2, 0) is 4.79 Å². The highest BCUT2D eigenvalue weighted by molar-refractivity contribution is 8.39. The summed E-state index contributed by atoms with van der Waals surface area (Å²) in [6.45, 7) is 0. The highest BCUT2D eigenvalue weighted by atomic mass is 35.5. The third-order valence-corrected chi connectivity index (χ3v) is 5.24. The van der Waals surface area contributed by atoms with Crippen LogP contribution in [0.1, 0.15) is 0 Å². The van der Waals surface area contributed by atoms with E-state index < -0.39 is 11.3 Å². The van der Waals surface area contributed by atoms with E-state index in [0.29, 0.717) is 5.70 Å². The summed E-state index contributed by atoms with van der Waals surface area (Å²) >= 11 is 9.18. The molecule has 86 valence electrons. The summed E-state index contributed by atoms with van der Waals surface area (Å²) in [7, 11) is 0. The molecule has 1 aliphatic carbocycles. The van der Waals surface area contributed by atoms with Gasteiger partial charge in [-0.2, -0.15) is 0 Å². The van der Waals surface area contributed by atoms with Crippen LogP contribution < -0.4 is 5.73 Å². The summed E-state index contributed by atoms with van der Waals surface area (Å²) in [4.78, 5) is 15.3. The van der Waals surface area contributed by atoms with Gasteiger partial charge in [-0.05, 0) is 12.3 Å². The number of rotatable bonds is 1. The van der Waals surface area contributed by atoms with Crippen LogP contribution in [0.3, 0.4) is 0 Å². The number of aliphatic imine (C=N–C) groups is 1. The first-order chi connectivity index (χ1) is 7.54. The van der Waals surface area contributed by atoms with Gasteiger partial charge in [-0.1, -0.05) is 11.8 Å². The largest absolute Gasteiger partial charge is 0.478 e. The number of allylic oxidation sites excluding steroid dienone is 1.